The SMILES string of the molecule is CC(=NCCC[NH+]1CCOCC1)C1C(=O)N(c2ccccc2)N=C1c1ccccc1. The lowest BCUT2D eigenvalue weighted by molar-refractivity contribution is -0.908. The van der Waals surface area contributed by atoms with E-state index in [1.165, 1.54) is 5.01 Å². The third-order valence-electron chi connectivity index (χ3n) is 5.67. The van der Waals surface area contributed by atoms with Gasteiger partial charge >= 0.3 is 0 Å². The van der Waals surface area contributed by atoms with E-state index < -0.39 is 5.92 Å². The van der Waals surface area contributed by atoms with E-state index in [0.29, 0.717) is 0 Å². The molecule has 2 aromatic rings. The molecule has 0 aromatic heterocycles. The molecule has 1 saturated heterocycles. The van der Waals surface area contributed by atoms with Gasteiger partial charge in [0.2, 0.25) is 0 Å². The number of morpholine rings is 1. The number of carbonyl (C=O) groups is 1. The van der Waals surface area contributed by atoms with Gasteiger partial charge in [0.25, 0.3) is 5.91 Å². The predicted molar refractivity (Wildman–Crippen MR) is 119 cm³/mol. The lowest BCUT2D eigenvalue weighted by Crippen LogP contribution is -3.14. The molecule has 6 nitrogen and oxygen atoms in total. The van der Waals surface area contributed by atoms with E-state index in [4.69, 9.17) is 14.8 Å². The van der Waals surface area contributed by atoms with E-state index in [-0.39, 0.29) is 5.91 Å². The molecule has 1 N–H and O–H groups in total. The van der Waals surface area contributed by atoms with Crippen LogP contribution in [0.1, 0.15) is 18.9 Å². The Hall–Kier alpha value is -2.83. The van der Waals surface area contributed by atoms with Crippen LogP contribution in [0.4, 0.5) is 5.69 Å². The van der Waals surface area contributed by atoms with E-state index in [0.717, 1.165) is 68.5 Å². The van der Waals surface area contributed by atoms with Gasteiger partial charge < -0.3 is 9.64 Å². The summed E-state index contributed by atoms with van der Waals surface area (Å²) in [5.41, 5.74) is 3.34. The van der Waals surface area contributed by atoms with Gasteiger partial charge in [0.15, 0.2) is 0 Å². The standard InChI is InChI=1S/C24H28N4O2/c1-19(25-13-8-14-27-15-17-30-18-16-27)22-23(20-9-4-2-5-10-20)26-28(24(22)29)21-11-6-3-7-12-21/h2-7,9-12,22H,8,13-18H2,1H3/p+1. The van der Waals surface area contributed by atoms with Crippen molar-refractivity contribution in [3.63, 3.8) is 0 Å². The van der Waals surface area contributed by atoms with Crippen molar-refractivity contribution in [1.82, 2.24) is 0 Å². The van der Waals surface area contributed by atoms with Crippen molar-refractivity contribution in [3.8, 4) is 0 Å². The number of aliphatic imine (C=N–C) groups is 1. The Balaban J connectivity index is 1.50. The summed E-state index contributed by atoms with van der Waals surface area (Å²) in [4.78, 5) is 19.7. The molecule has 0 radical (unpaired) electrons. The predicted octanol–water partition coefficient (Wildman–Crippen LogP) is 1.82. The van der Waals surface area contributed by atoms with Crippen molar-refractivity contribution < 1.29 is 14.4 Å². The molecule has 1 unspecified atom stereocenters. The second-order valence-electron chi connectivity index (χ2n) is 7.76. The average Bonchev–Trinajstić information content (AvgIpc) is 3.15. The minimum Gasteiger partial charge on any atom is -0.370 e. The third kappa shape index (κ3) is 4.66. The summed E-state index contributed by atoms with van der Waals surface area (Å²) in [6, 6.07) is 19.5. The largest absolute Gasteiger partial charge is 0.370 e. The zero-order valence-corrected chi connectivity index (χ0v) is 17.5. The van der Waals surface area contributed by atoms with Crippen LogP contribution in [0.2, 0.25) is 0 Å². The molecule has 30 heavy (non-hydrogen) atoms. The molecule has 4 rings (SSSR count). The van der Waals surface area contributed by atoms with Crippen LogP contribution >= 0.6 is 0 Å². The minimum atomic E-state index is -0.441. The molecule has 2 aromatic carbocycles. The smallest absolute Gasteiger partial charge is 0.262 e. The molecule has 0 saturated carbocycles. The van der Waals surface area contributed by atoms with Crippen LogP contribution in [0.5, 0.6) is 0 Å². The van der Waals surface area contributed by atoms with Crippen LogP contribution in [0.3, 0.4) is 0 Å². The van der Waals surface area contributed by atoms with Gasteiger partial charge in [0, 0.05) is 18.7 Å². The number of hydrogen-bond donors (Lipinski definition) is 1. The van der Waals surface area contributed by atoms with Gasteiger partial charge in [-0.1, -0.05) is 48.5 Å². The zero-order chi connectivity index (χ0) is 20.8. The number of nitrogens with one attached hydrogen (secondary N) is 1. The summed E-state index contributed by atoms with van der Waals surface area (Å²) in [5.74, 6) is -0.483. The third-order valence-corrected chi connectivity index (χ3v) is 5.67. The molecule has 6 heteroatoms. The summed E-state index contributed by atoms with van der Waals surface area (Å²) < 4.78 is 5.42. The van der Waals surface area contributed by atoms with Crippen LogP contribution in [-0.4, -0.2) is 56.7 Å². The first-order valence-electron chi connectivity index (χ1n) is 10.7. The van der Waals surface area contributed by atoms with Gasteiger partial charge in [-0.3, -0.25) is 9.79 Å². The Morgan fingerprint density at radius 3 is 2.47 bits per heavy atom. The summed E-state index contributed by atoms with van der Waals surface area (Å²) in [7, 11) is 0. The highest BCUT2D eigenvalue weighted by Crippen LogP contribution is 2.27. The van der Waals surface area contributed by atoms with E-state index in [1.54, 1.807) is 4.90 Å². The van der Waals surface area contributed by atoms with E-state index >= 15 is 0 Å². The van der Waals surface area contributed by atoms with Crippen LogP contribution in [0.15, 0.2) is 70.8 Å². The van der Waals surface area contributed by atoms with Crippen molar-refractivity contribution in [1.29, 1.82) is 0 Å². The molecular weight excluding hydrogens is 376 g/mol. The number of amides is 1. The Morgan fingerprint density at radius 1 is 1.10 bits per heavy atom. The highest BCUT2D eigenvalue weighted by Gasteiger charge is 2.39. The maximum absolute atomic E-state index is 13.3. The first-order valence-corrected chi connectivity index (χ1v) is 10.7. The molecule has 1 amide bonds. The second-order valence-corrected chi connectivity index (χ2v) is 7.76. The maximum Gasteiger partial charge on any atom is 0.262 e. The normalized spacial score (nSPS) is 20.5. The number of para-hydroxylation sites is 1. The van der Waals surface area contributed by atoms with Crippen molar-refractivity contribution >= 4 is 23.0 Å². The van der Waals surface area contributed by atoms with Crippen molar-refractivity contribution in [2.24, 2.45) is 16.0 Å². The van der Waals surface area contributed by atoms with Crippen molar-refractivity contribution in [3.05, 3.63) is 66.2 Å². The zero-order valence-electron chi connectivity index (χ0n) is 17.5. The van der Waals surface area contributed by atoms with Crippen molar-refractivity contribution in [2.45, 2.75) is 13.3 Å². The fourth-order valence-corrected chi connectivity index (χ4v) is 4.00. The lowest BCUT2D eigenvalue weighted by Gasteiger charge is -2.23. The highest BCUT2D eigenvalue weighted by molar-refractivity contribution is 6.32. The van der Waals surface area contributed by atoms with E-state index in [2.05, 4.69) is 0 Å². The molecule has 0 aliphatic carbocycles. The molecule has 0 bridgehead atoms. The molecule has 0 spiro atoms. The number of anilines is 1. The Labute approximate surface area is 177 Å². The van der Waals surface area contributed by atoms with Gasteiger partial charge in [-0.25, -0.2) is 0 Å². The molecular formula is C24H29N4O2+. The van der Waals surface area contributed by atoms with E-state index in [1.807, 2.05) is 67.6 Å². The highest BCUT2D eigenvalue weighted by atomic mass is 16.5. The number of hydrazone groups is 1. The topological polar surface area (TPSA) is 58.7 Å². The van der Waals surface area contributed by atoms with Crippen molar-refractivity contribution in [2.75, 3.05) is 44.4 Å². The van der Waals surface area contributed by atoms with Gasteiger partial charge in [-0.05, 0) is 24.6 Å². The molecule has 2 aliphatic heterocycles. The monoisotopic (exact) mass is 405 g/mol. The fraction of sp³-hybridized carbons (Fsp3) is 0.375. The average molecular weight is 406 g/mol. The van der Waals surface area contributed by atoms with Crippen LogP contribution in [0.25, 0.3) is 0 Å². The summed E-state index contributed by atoms with van der Waals surface area (Å²) in [6.45, 7) is 7.61. The van der Waals surface area contributed by atoms with Gasteiger partial charge in [0.05, 0.1) is 31.2 Å². The number of hydrogen-bond acceptors (Lipinski definition) is 4. The Bertz CT molecular complexity index is 905. The number of nitrogens with zero attached hydrogens (tertiary/aromatic N) is 3. The van der Waals surface area contributed by atoms with E-state index in [9.17, 15) is 4.79 Å². The maximum atomic E-state index is 13.3. The van der Waals surface area contributed by atoms with Crippen LogP contribution in [-0.2, 0) is 9.53 Å². The Kier molecular flexibility index (Phi) is 6.67. The first-order chi connectivity index (χ1) is 14.7. The van der Waals surface area contributed by atoms with Gasteiger partial charge in [-0.2, -0.15) is 10.1 Å². The van der Waals surface area contributed by atoms with Crippen LogP contribution < -0.4 is 9.91 Å². The lowest BCUT2D eigenvalue weighted by atomic mass is 9.93. The molecule has 2 heterocycles. The number of quaternary nitrogens is 1. The van der Waals surface area contributed by atoms with Gasteiger partial charge in [0.1, 0.15) is 19.0 Å². The minimum absolute atomic E-state index is 0.0416. The number of carbonyl (C=O) groups excluding carboxylic acids is 1. The Morgan fingerprint density at radius 2 is 1.77 bits per heavy atom. The van der Waals surface area contributed by atoms with Crippen LogP contribution in [0, 0.1) is 5.92 Å². The first kappa shape index (κ1) is 20.4. The number of ether oxygens (including phenoxy) is 1. The number of benzene rings is 2. The second kappa shape index (κ2) is 9.78. The summed E-state index contributed by atoms with van der Waals surface area (Å²) in [6.07, 6.45) is 1.01. The number of rotatable bonds is 7. The fourth-order valence-electron chi connectivity index (χ4n) is 4.00. The molecule has 1 atom stereocenters. The van der Waals surface area contributed by atoms with Gasteiger partial charge in [-0.15, -0.1) is 0 Å². The molecule has 156 valence electrons. The summed E-state index contributed by atoms with van der Waals surface area (Å²) >= 11 is 0. The quantitative estimate of drug-likeness (QED) is 0.564. The summed E-state index contributed by atoms with van der Waals surface area (Å²) in [5, 5.41) is 6.23. The molecule has 1 fully saturated rings. The molecule has 2 aliphatic rings.